The van der Waals surface area contributed by atoms with Crippen LogP contribution in [0.3, 0.4) is 0 Å². The molecule has 0 saturated heterocycles. The van der Waals surface area contributed by atoms with Gasteiger partial charge in [-0.05, 0) is 39.0 Å². The molecule has 0 aromatic heterocycles. The first kappa shape index (κ1) is 16.3. The lowest BCUT2D eigenvalue weighted by atomic mass is 9.95. The summed E-state index contributed by atoms with van der Waals surface area (Å²) in [6.45, 7) is 4.09. The lowest BCUT2D eigenvalue weighted by Gasteiger charge is -2.25. The molecule has 2 fully saturated rings. The van der Waals surface area contributed by atoms with Gasteiger partial charge in [0.15, 0.2) is 0 Å². The summed E-state index contributed by atoms with van der Waals surface area (Å²) >= 11 is 0. The topological polar surface area (TPSA) is 46.0 Å². The van der Waals surface area contributed by atoms with Gasteiger partial charge in [0.25, 0.3) is 0 Å². The van der Waals surface area contributed by atoms with Gasteiger partial charge in [-0.15, -0.1) is 0 Å². The normalized spacial score (nSPS) is 23.1. The standard InChI is InChI=1S/C17H31N3O/c1-3-14(2)20-21-17(18-15-10-6-4-7-11-15)19-16-12-8-5-9-13-16/h15-16H,3-13H2,1-2H3,(H,18,19)/b20-14+. The smallest absolute Gasteiger partial charge is 0.315 e. The number of amidine groups is 1. The number of hydrogen-bond donors (Lipinski definition) is 1. The molecule has 4 nitrogen and oxygen atoms in total. The maximum atomic E-state index is 5.63. The summed E-state index contributed by atoms with van der Waals surface area (Å²) < 4.78 is 0. The molecule has 0 aromatic carbocycles. The van der Waals surface area contributed by atoms with E-state index in [1.54, 1.807) is 0 Å². The lowest BCUT2D eigenvalue weighted by Crippen LogP contribution is -2.38. The highest BCUT2D eigenvalue weighted by Crippen LogP contribution is 2.21. The van der Waals surface area contributed by atoms with Gasteiger partial charge >= 0.3 is 6.02 Å². The number of hydrogen-bond acceptors (Lipinski definition) is 3. The van der Waals surface area contributed by atoms with Crippen LogP contribution in [0, 0.1) is 0 Å². The Labute approximate surface area is 129 Å². The van der Waals surface area contributed by atoms with E-state index in [2.05, 4.69) is 17.4 Å². The van der Waals surface area contributed by atoms with Gasteiger partial charge in [-0.3, -0.25) is 0 Å². The van der Waals surface area contributed by atoms with E-state index in [0.29, 0.717) is 18.1 Å². The van der Waals surface area contributed by atoms with Crippen molar-refractivity contribution in [1.82, 2.24) is 5.32 Å². The van der Waals surface area contributed by atoms with E-state index >= 15 is 0 Å². The maximum absolute atomic E-state index is 5.63. The van der Waals surface area contributed by atoms with Crippen LogP contribution in [0.4, 0.5) is 0 Å². The molecule has 2 aliphatic rings. The van der Waals surface area contributed by atoms with Crippen molar-refractivity contribution in [1.29, 1.82) is 0 Å². The zero-order valence-electron chi connectivity index (χ0n) is 13.7. The van der Waals surface area contributed by atoms with Crippen LogP contribution < -0.4 is 5.32 Å². The number of rotatable bonds is 4. The van der Waals surface area contributed by atoms with Gasteiger partial charge in [0.1, 0.15) is 0 Å². The van der Waals surface area contributed by atoms with Crippen molar-refractivity contribution >= 4 is 11.7 Å². The van der Waals surface area contributed by atoms with Gasteiger partial charge in [-0.1, -0.05) is 50.6 Å². The van der Waals surface area contributed by atoms with E-state index < -0.39 is 0 Å². The third kappa shape index (κ3) is 6.06. The molecule has 2 rings (SSSR count). The van der Waals surface area contributed by atoms with Crippen molar-refractivity contribution in [2.75, 3.05) is 0 Å². The highest BCUT2D eigenvalue weighted by Gasteiger charge is 2.18. The fourth-order valence-corrected chi connectivity index (χ4v) is 3.07. The van der Waals surface area contributed by atoms with Crippen LogP contribution in [0.2, 0.25) is 0 Å². The maximum Gasteiger partial charge on any atom is 0.315 e. The Morgan fingerprint density at radius 1 is 1.00 bits per heavy atom. The number of nitrogens with one attached hydrogen (secondary N) is 1. The molecule has 21 heavy (non-hydrogen) atoms. The molecule has 0 spiro atoms. The molecular weight excluding hydrogens is 262 g/mol. The lowest BCUT2D eigenvalue weighted by molar-refractivity contribution is 0.283. The molecule has 0 atom stereocenters. The molecule has 0 unspecified atom stereocenters. The zero-order valence-corrected chi connectivity index (χ0v) is 13.7. The molecule has 1 N–H and O–H groups in total. The predicted octanol–water partition coefficient (Wildman–Crippen LogP) is 4.40. The second kappa shape index (κ2) is 9.06. The van der Waals surface area contributed by atoms with Gasteiger partial charge in [-0.2, -0.15) is 0 Å². The van der Waals surface area contributed by atoms with Crippen LogP contribution in [0.25, 0.3) is 0 Å². The van der Waals surface area contributed by atoms with Crippen LogP contribution in [0.15, 0.2) is 10.1 Å². The molecule has 2 aliphatic carbocycles. The number of nitrogens with zero attached hydrogens (tertiary/aromatic N) is 2. The number of oxime groups is 1. The molecule has 0 heterocycles. The molecule has 0 bridgehead atoms. The Morgan fingerprint density at radius 2 is 1.62 bits per heavy atom. The first-order valence-electron chi connectivity index (χ1n) is 8.82. The second-order valence-electron chi connectivity index (χ2n) is 6.48. The van der Waals surface area contributed by atoms with Gasteiger partial charge in [0, 0.05) is 6.04 Å². The Hall–Kier alpha value is -1.06. The molecule has 120 valence electrons. The minimum atomic E-state index is 0.418. The third-order valence-electron chi connectivity index (χ3n) is 4.61. The molecule has 0 aromatic rings. The van der Waals surface area contributed by atoms with Gasteiger partial charge in [-0.25, -0.2) is 4.99 Å². The summed E-state index contributed by atoms with van der Waals surface area (Å²) in [5.41, 5.74) is 1.01. The minimum absolute atomic E-state index is 0.418. The minimum Gasteiger partial charge on any atom is -0.335 e. The van der Waals surface area contributed by atoms with Gasteiger partial charge in [0.05, 0.1) is 11.8 Å². The van der Waals surface area contributed by atoms with Crippen molar-refractivity contribution in [2.45, 2.75) is 96.6 Å². The highest BCUT2D eigenvalue weighted by atomic mass is 16.6. The fourth-order valence-electron chi connectivity index (χ4n) is 3.07. The van der Waals surface area contributed by atoms with Crippen LogP contribution >= 0.6 is 0 Å². The SMILES string of the molecule is CC/C(C)=N/OC(=NC1CCCCC1)NC1CCCCC1. The Morgan fingerprint density at radius 3 is 2.24 bits per heavy atom. The molecule has 4 heteroatoms. The Bertz CT molecular complexity index is 353. The van der Waals surface area contributed by atoms with E-state index in [4.69, 9.17) is 9.83 Å². The zero-order chi connectivity index (χ0) is 14.9. The molecular formula is C17H31N3O. The van der Waals surface area contributed by atoms with E-state index in [-0.39, 0.29) is 0 Å². The predicted molar refractivity (Wildman–Crippen MR) is 88.8 cm³/mol. The first-order chi connectivity index (χ1) is 10.3. The van der Waals surface area contributed by atoms with Crippen LogP contribution in [0.1, 0.15) is 84.5 Å². The molecule has 0 aliphatic heterocycles. The fraction of sp³-hybridized carbons (Fsp3) is 0.882. The van der Waals surface area contributed by atoms with Crippen LogP contribution in [0.5, 0.6) is 0 Å². The van der Waals surface area contributed by atoms with Crippen molar-refractivity contribution in [2.24, 2.45) is 10.1 Å². The third-order valence-corrected chi connectivity index (χ3v) is 4.61. The summed E-state index contributed by atoms with van der Waals surface area (Å²) in [5, 5.41) is 7.70. The Balaban J connectivity index is 1.95. The largest absolute Gasteiger partial charge is 0.335 e. The van der Waals surface area contributed by atoms with Gasteiger partial charge in [0.2, 0.25) is 0 Å². The summed E-state index contributed by atoms with van der Waals surface area (Å²) in [6.07, 6.45) is 13.7. The van der Waals surface area contributed by atoms with E-state index in [1.807, 2.05) is 6.92 Å². The average molecular weight is 293 g/mol. The summed E-state index contributed by atoms with van der Waals surface area (Å²) in [7, 11) is 0. The van der Waals surface area contributed by atoms with Gasteiger partial charge < -0.3 is 10.2 Å². The van der Waals surface area contributed by atoms with E-state index in [1.165, 1.54) is 64.2 Å². The van der Waals surface area contributed by atoms with Crippen LogP contribution in [-0.2, 0) is 4.84 Å². The second-order valence-corrected chi connectivity index (χ2v) is 6.48. The summed E-state index contributed by atoms with van der Waals surface area (Å²) in [4.78, 5) is 10.4. The molecule has 2 saturated carbocycles. The summed E-state index contributed by atoms with van der Waals surface area (Å²) in [5.74, 6) is 0. The first-order valence-corrected chi connectivity index (χ1v) is 8.82. The monoisotopic (exact) mass is 293 g/mol. The van der Waals surface area contributed by atoms with E-state index in [9.17, 15) is 0 Å². The Kier molecular flexibility index (Phi) is 7.04. The quantitative estimate of drug-likeness (QED) is 0.474. The van der Waals surface area contributed by atoms with Crippen molar-refractivity contribution in [3.63, 3.8) is 0 Å². The average Bonchev–Trinajstić information content (AvgIpc) is 2.54. The summed E-state index contributed by atoms with van der Waals surface area (Å²) in [6, 6.07) is 1.58. The van der Waals surface area contributed by atoms with Crippen molar-refractivity contribution < 1.29 is 4.84 Å². The highest BCUT2D eigenvalue weighted by molar-refractivity contribution is 5.82. The van der Waals surface area contributed by atoms with Crippen molar-refractivity contribution in [3.05, 3.63) is 0 Å². The number of aliphatic imine (C=N–C) groups is 1. The van der Waals surface area contributed by atoms with Crippen LogP contribution in [-0.4, -0.2) is 23.8 Å². The molecule has 0 radical (unpaired) electrons. The van der Waals surface area contributed by atoms with Crippen molar-refractivity contribution in [3.8, 4) is 0 Å². The van der Waals surface area contributed by atoms with E-state index in [0.717, 1.165) is 12.1 Å². The molecule has 0 amide bonds.